The average Bonchev–Trinajstić information content (AvgIpc) is 3.23. The van der Waals surface area contributed by atoms with Gasteiger partial charge in [-0.1, -0.05) is 0 Å². The summed E-state index contributed by atoms with van der Waals surface area (Å²) in [5.74, 6) is 1.88. The summed E-state index contributed by atoms with van der Waals surface area (Å²) in [4.78, 5) is 9.21. The van der Waals surface area contributed by atoms with Gasteiger partial charge in [0.2, 0.25) is 0 Å². The molecule has 1 unspecified atom stereocenters. The second-order valence-electron chi connectivity index (χ2n) is 5.90. The maximum Gasteiger partial charge on any atom is 0.194 e. The van der Waals surface area contributed by atoms with E-state index in [9.17, 15) is 0 Å². The van der Waals surface area contributed by atoms with E-state index in [0.717, 1.165) is 51.1 Å². The van der Waals surface area contributed by atoms with Crippen molar-refractivity contribution in [3.05, 3.63) is 24.2 Å². The molecule has 1 aromatic heterocycles. The summed E-state index contributed by atoms with van der Waals surface area (Å²) in [5, 5.41) is 3.37. The third-order valence-corrected chi connectivity index (χ3v) is 4.37. The Morgan fingerprint density at radius 2 is 2.23 bits per heavy atom. The van der Waals surface area contributed by atoms with Crippen molar-refractivity contribution in [3.8, 4) is 0 Å². The molecule has 1 N–H and O–H groups in total. The van der Waals surface area contributed by atoms with E-state index in [1.807, 2.05) is 19.2 Å². The van der Waals surface area contributed by atoms with E-state index in [-0.39, 0.29) is 0 Å². The van der Waals surface area contributed by atoms with Crippen LogP contribution in [0.5, 0.6) is 0 Å². The molecule has 22 heavy (non-hydrogen) atoms. The molecule has 0 aliphatic carbocycles. The van der Waals surface area contributed by atoms with Crippen LogP contribution in [-0.2, 0) is 11.3 Å². The van der Waals surface area contributed by atoms with Gasteiger partial charge >= 0.3 is 0 Å². The standard InChI is InChI=1S/C16H26N4O2/c1-17-16(18-12-14-4-2-10-21-14)20-8-6-19(7-9-20)13-15-5-3-11-22-15/h2,4,10,15H,3,5-9,11-13H2,1H3,(H,17,18). The fraction of sp³-hybridized carbons (Fsp3) is 0.688. The van der Waals surface area contributed by atoms with Crippen molar-refractivity contribution in [3.63, 3.8) is 0 Å². The highest BCUT2D eigenvalue weighted by molar-refractivity contribution is 5.79. The molecule has 0 aromatic carbocycles. The minimum Gasteiger partial charge on any atom is -0.467 e. The molecule has 1 aromatic rings. The van der Waals surface area contributed by atoms with E-state index in [1.54, 1.807) is 6.26 Å². The fourth-order valence-electron chi connectivity index (χ4n) is 3.13. The summed E-state index contributed by atoms with van der Waals surface area (Å²) >= 11 is 0. The number of hydrogen-bond acceptors (Lipinski definition) is 4. The van der Waals surface area contributed by atoms with Crippen LogP contribution >= 0.6 is 0 Å². The highest BCUT2D eigenvalue weighted by atomic mass is 16.5. The van der Waals surface area contributed by atoms with E-state index < -0.39 is 0 Å². The number of hydrogen-bond donors (Lipinski definition) is 1. The highest BCUT2D eigenvalue weighted by Crippen LogP contribution is 2.14. The molecule has 1 atom stereocenters. The molecule has 2 saturated heterocycles. The summed E-state index contributed by atoms with van der Waals surface area (Å²) in [6.07, 6.45) is 4.58. The maximum absolute atomic E-state index is 5.73. The van der Waals surface area contributed by atoms with Crippen molar-refractivity contribution >= 4 is 5.96 Å². The van der Waals surface area contributed by atoms with Crippen molar-refractivity contribution in [2.45, 2.75) is 25.5 Å². The molecule has 0 spiro atoms. The zero-order valence-corrected chi connectivity index (χ0v) is 13.3. The lowest BCUT2D eigenvalue weighted by Crippen LogP contribution is -2.53. The van der Waals surface area contributed by atoms with Crippen LogP contribution in [0.2, 0.25) is 0 Å². The Kier molecular flexibility index (Phi) is 5.34. The van der Waals surface area contributed by atoms with Gasteiger partial charge in [0.15, 0.2) is 5.96 Å². The van der Waals surface area contributed by atoms with Gasteiger partial charge in [-0.05, 0) is 25.0 Å². The SMILES string of the molecule is CN=C(NCc1ccco1)N1CCN(CC2CCCO2)CC1. The van der Waals surface area contributed by atoms with Crippen LogP contribution in [0.3, 0.4) is 0 Å². The molecule has 0 radical (unpaired) electrons. The van der Waals surface area contributed by atoms with E-state index in [1.165, 1.54) is 12.8 Å². The van der Waals surface area contributed by atoms with Gasteiger partial charge in [0, 0.05) is 46.4 Å². The highest BCUT2D eigenvalue weighted by Gasteiger charge is 2.24. The first-order valence-corrected chi connectivity index (χ1v) is 8.17. The fourth-order valence-corrected chi connectivity index (χ4v) is 3.13. The summed E-state index contributed by atoms with van der Waals surface area (Å²) < 4.78 is 11.1. The molecule has 122 valence electrons. The van der Waals surface area contributed by atoms with Gasteiger partial charge in [0.1, 0.15) is 5.76 Å². The third-order valence-electron chi connectivity index (χ3n) is 4.37. The number of nitrogens with one attached hydrogen (secondary N) is 1. The van der Waals surface area contributed by atoms with Crippen molar-refractivity contribution in [2.75, 3.05) is 46.4 Å². The van der Waals surface area contributed by atoms with Gasteiger partial charge in [-0.2, -0.15) is 0 Å². The average molecular weight is 306 g/mol. The van der Waals surface area contributed by atoms with Crippen LogP contribution in [0.1, 0.15) is 18.6 Å². The number of aliphatic imine (C=N–C) groups is 1. The normalized spacial score (nSPS) is 24.0. The number of ether oxygens (including phenoxy) is 1. The first-order chi connectivity index (χ1) is 10.8. The molecular weight excluding hydrogens is 280 g/mol. The van der Waals surface area contributed by atoms with Crippen molar-refractivity contribution in [2.24, 2.45) is 4.99 Å². The lowest BCUT2D eigenvalue weighted by atomic mass is 10.2. The van der Waals surface area contributed by atoms with Crippen molar-refractivity contribution in [1.82, 2.24) is 15.1 Å². The van der Waals surface area contributed by atoms with E-state index in [2.05, 4.69) is 20.1 Å². The van der Waals surface area contributed by atoms with Gasteiger partial charge < -0.3 is 19.4 Å². The molecule has 6 nitrogen and oxygen atoms in total. The number of furan rings is 1. The van der Waals surface area contributed by atoms with Crippen LogP contribution in [0.25, 0.3) is 0 Å². The maximum atomic E-state index is 5.73. The molecule has 2 fully saturated rings. The Balaban J connectivity index is 1.42. The Labute approximate surface area is 132 Å². The molecule has 3 rings (SSSR count). The van der Waals surface area contributed by atoms with Gasteiger partial charge in [0.05, 0.1) is 18.9 Å². The molecule has 0 amide bonds. The predicted octanol–water partition coefficient (Wildman–Crippen LogP) is 1.15. The summed E-state index contributed by atoms with van der Waals surface area (Å²) in [7, 11) is 1.84. The molecule has 6 heteroatoms. The Bertz CT molecular complexity index is 461. The van der Waals surface area contributed by atoms with Gasteiger partial charge in [-0.25, -0.2) is 0 Å². The van der Waals surface area contributed by atoms with Crippen LogP contribution < -0.4 is 5.32 Å². The van der Waals surface area contributed by atoms with E-state index in [4.69, 9.17) is 9.15 Å². The zero-order chi connectivity index (χ0) is 15.2. The Morgan fingerprint density at radius 3 is 2.86 bits per heavy atom. The van der Waals surface area contributed by atoms with E-state index >= 15 is 0 Å². The molecule has 3 heterocycles. The van der Waals surface area contributed by atoms with Crippen molar-refractivity contribution < 1.29 is 9.15 Å². The quantitative estimate of drug-likeness (QED) is 0.668. The lowest BCUT2D eigenvalue weighted by Gasteiger charge is -2.37. The summed E-state index contributed by atoms with van der Waals surface area (Å²) in [6, 6.07) is 3.88. The number of piperazine rings is 1. The second-order valence-corrected chi connectivity index (χ2v) is 5.90. The molecule has 2 aliphatic heterocycles. The first kappa shape index (κ1) is 15.4. The lowest BCUT2D eigenvalue weighted by molar-refractivity contribution is 0.0599. The number of guanidine groups is 1. The monoisotopic (exact) mass is 306 g/mol. The minimum atomic E-state index is 0.447. The van der Waals surface area contributed by atoms with Crippen LogP contribution in [0.15, 0.2) is 27.8 Å². The molecule has 2 aliphatic rings. The van der Waals surface area contributed by atoms with Crippen molar-refractivity contribution in [1.29, 1.82) is 0 Å². The third kappa shape index (κ3) is 4.01. The first-order valence-electron chi connectivity index (χ1n) is 8.17. The molecular formula is C16H26N4O2. The van der Waals surface area contributed by atoms with Gasteiger partial charge in [-0.15, -0.1) is 0 Å². The topological polar surface area (TPSA) is 53.2 Å². The smallest absolute Gasteiger partial charge is 0.194 e. The largest absolute Gasteiger partial charge is 0.467 e. The predicted molar refractivity (Wildman–Crippen MR) is 85.9 cm³/mol. The van der Waals surface area contributed by atoms with E-state index in [0.29, 0.717) is 12.6 Å². The zero-order valence-electron chi connectivity index (χ0n) is 13.3. The molecule has 0 saturated carbocycles. The number of nitrogens with zero attached hydrogens (tertiary/aromatic N) is 3. The van der Waals surface area contributed by atoms with Gasteiger partial charge in [0.25, 0.3) is 0 Å². The van der Waals surface area contributed by atoms with Crippen LogP contribution in [-0.4, -0.2) is 68.2 Å². The Hall–Kier alpha value is -1.53. The molecule has 0 bridgehead atoms. The minimum absolute atomic E-state index is 0.447. The Morgan fingerprint density at radius 1 is 1.36 bits per heavy atom. The summed E-state index contributed by atoms with van der Waals surface area (Å²) in [5.41, 5.74) is 0. The summed E-state index contributed by atoms with van der Waals surface area (Å²) in [6.45, 7) is 6.84. The van der Waals surface area contributed by atoms with Crippen LogP contribution in [0, 0.1) is 0 Å². The number of rotatable bonds is 4. The second kappa shape index (κ2) is 7.65. The van der Waals surface area contributed by atoms with Crippen LogP contribution in [0.4, 0.5) is 0 Å². The van der Waals surface area contributed by atoms with Gasteiger partial charge in [-0.3, -0.25) is 9.89 Å².